The third-order valence-corrected chi connectivity index (χ3v) is 2.42. The van der Waals surface area contributed by atoms with E-state index < -0.39 is 17.7 Å². The Morgan fingerprint density at radius 2 is 2.14 bits per heavy atom. The zero-order chi connectivity index (χ0) is 15.2. The number of nitrogens with one attached hydrogen (secondary N) is 2. The molecule has 0 bridgehead atoms. The Hall–Kier alpha value is -2.64. The van der Waals surface area contributed by atoms with Gasteiger partial charge in [-0.15, -0.1) is 0 Å². The Labute approximate surface area is 119 Å². The second kappa shape index (κ2) is 6.69. The molecule has 2 aromatic rings. The molecule has 1 aromatic heterocycles. The van der Waals surface area contributed by atoms with E-state index in [1.807, 2.05) is 0 Å². The van der Waals surface area contributed by atoms with Crippen molar-refractivity contribution < 1.29 is 22.8 Å². The van der Waals surface area contributed by atoms with Gasteiger partial charge in [0.05, 0.1) is 6.54 Å². The SMILES string of the molecule is Cc1cc(NC(=O)NCCOc2ccc(F)c(F)c2)no1. The maximum Gasteiger partial charge on any atom is 0.320 e. The number of aromatic nitrogens is 1. The van der Waals surface area contributed by atoms with Crippen molar-refractivity contribution in [3.05, 3.63) is 41.7 Å². The van der Waals surface area contributed by atoms with Crippen LogP contribution in [0.15, 0.2) is 28.8 Å². The molecule has 0 saturated carbocycles. The highest BCUT2D eigenvalue weighted by Crippen LogP contribution is 2.15. The lowest BCUT2D eigenvalue weighted by Gasteiger charge is -2.08. The van der Waals surface area contributed by atoms with E-state index in [1.54, 1.807) is 13.0 Å². The van der Waals surface area contributed by atoms with Gasteiger partial charge in [-0.25, -0.2) is 13.6 Å². The van der Waals surface area contributed by atoms with Gasteiger partial charge >= 0.3 is 6.03 Å². The molecule has 2 rings (SSSR count). The highest BCUT2D eigenvalue weighted by molar-refractivity contribution is 5.88. The Kier molecular flexibility index (Phi) is 4.70. The van der Waals surface area contributed by atoms with E-state index >= 15 is 0 Å². The number of amides is 2. The number of aryl methyl sites for hydroxylation is 1. The fraction of sp³-hybridized carbons (Fsp3) is 0.231. The van der Waals surface area contributed by atoms with Gasteiger partial charge in [-0.3, -0.25) is 5.32 Å². The molecule has 0 unspecified atom stereocenters. The summed E-state index contributed by atoms with van der Waals surface area (Å²) < 4.78 is 35.6. The average molecular weight is 297 g/mol. The Morgan fingerprint density at radius 1 is 1.33 bits per heavy atom. The Bertz CT molecular complexity index is 631. The number of urea groups is 1. The number of anilines is 1. The number of ether oxygens (including phenoxy) is 1. The van der Waals surface area contributed by atoms with Gasteiger partial charge in [-0.2, -0.15) is 0 Å². The van der Waals surface area contributed by atoms with Crippen molar-refractivity contribution in [2.24, 2.45) is 0 Å². The summed E-state index contributed by atoms with van der Waals surface area (Å²) in [4.78, 5) is 11.5. The third-order valence-electron chi connectivity index (χ3n) is 2.42. The molecular formula is C13H13F2N3O3. The first-order chi connectivity index (χ1) is 10.0. The normalized spacial score (nSPS) is 10.2. The van der Waals surface area contributed by atoms with Gasteiger partial charge in [0.2, 0.25) is 0 Å². The monoisotopic (exact) mass is 297 g/mol. The minimum atomic E-state index is -0.986. The lowest BCUT2D eigenvalue weighted by atomic mass is 10.3. The van der Waals surface area contributed by atoms with E-state index in [2.05, 4.69) is 15.8 Å². The smallest absolute Gasteiger partial charge is 0.320 e. The van der Waals surface area contributed by atoms with Crippen LogP contribution in [-0.2, 0) is 0 Å². The van der Waals surface area contributed by atoms with E-state index in [-0.39, 0.29) is 18.9 Å². The maximum atomic E-state index is 12.9. The Morgan fingerprint density at radius 3 is 2.81 bits per heavy atom. The van der Waals surface area contributed by atoms with E-state index in [9.17, 15) is 13.6 Å². The predicted octanol–water partition coefficient (Wildman–Crippen LogP) is 2.46. The number of carbonyl (C=O) groups is 1. The molecule has 0 aliphatic heterocycles. The second-order valence-corrected chi connectivity index (χ2v) is 4.13. The number of hydrogen-bond acceptors (Lipinski definition) is 4. The number of benzene rings is 1. The minimum absolute atomic E-state index is 0.107. The van der Waals surface area contributed by atoms with Crippen LogP contribution < -0.4 is 15.4 Å². The molecule has 21 heavy (non-hydrogen) atoms. The van der Waals surface area contributed by atoms with Crippen molar-refractivity contribution in [1.82, 2.24) is 10.5 Å². The van der Waals surface area contributed by atoms with Gasteiger partial charge in [-0.05, 0) is 19.1 Å². The predicted molar refractivity (Wildman–Crippen MR) is 70.1 cm³/mol. The molecule has 1 aromatic carbocycles. The van der Waals surface area contributed by atoms with Crippen molar-refractivity contribution in [2.75, 3.05) is 18.5 Å². The largest absolute Gasteiger partial charge is 0.492 e. The first-order valence-corrected chi connectivity index (χ1v) is 6.10. The van der Waals surface area contributed by atoms with Crippen LogP contribution in [0.1, 0.15) is 5.76 Å². The van der Waals surface area contributed by atoms with E-state index in [0.29, 0.717) is 11.6 Å². The number of carbonyl (C=O) groups excluding carboxylic acids is 1. The summed E-state index contributed by atoms with van der Waals surface area (Å²) in [6.45, 7) is 1.99. The molecule has 0 aliphatic rings. The summed E-state index contributed by atoms with van der Waals surface area (Å²) in [7, 11) is 0. The average Bonchev–Trinajstić information content (AvgIpc) is 2.84. The van der Waals surface area contributed by atoms with E-state index in [1.165, 1.54) is 6.07 Å². The summed E-state index contributed by atoms with van der Waals surface area (Å²) in [5, 5.41) is 8.56. The van der Waals surface area contributed by atoms with Crippen molar-refractivity contribution in [1.29, 1.82) is 0 Å². The molecule has 0 fully saturated rings. The van der Waals surface area contributed by atoms with Crippen molar-refractivity contribution in [3.63, 3.8) is 0 Å². The summed E-state index contributed by atoms with van der Waals surface area (Å²) in [5.41, 5.74) is 0. The van der Waals surface area contributed by atoms with Gasteiger partial charge in [0, 0.05) is 12.1 Å². The molecule has 1 heterocycles. The van der Waals surface area contributed by atoms with Gasteiger partial charge < -0.3 is 14.6 Å². The number of rotatable bonds is 5. The molecule has 112 valence electrons. The molecule has 8 heteroatoms. The molecule has 2 N–H and O–H groups in total. The van der Waals surface area contributed by atoms with Crippen molar-refractivity contribution >= 4 is 11.8 Å². The van der Waals surface area contributed by atoms with Crippen molar-refractivity contribution in [2.45, 2.75) is 6.92 Å². The summed E-state index contributed by atoms with van der Waals surface area (Å²) in [5.74, 6) is -0.871. The summed E-state index contributed by atoms with van der Waals surface area (Å²) in [6.07, 6.45) is 0. The number of nitrogens with zero attached hydrogens (tertiary/aromatic N) is 1. The maximum absolute atomic E-state index is 12.9. The molecule has 0 atom stereocenters. The molecule has 0 saturated heterocycles. The van der Waals surface area contributed by atoms with Crippen LogP contribution in [0.2, 0.25) is 0 Å². The fourth-order valence-corrected chi connectivity index (χ4v) is 1.49. The van der Waals surface area contributed by atoms with Gasteiger partial charge in [-0.1, -0.05) is 5.16 Å². The molecule has 0 radical (unpaired) electrons. The zero-order valence-electron chi connectivity index (χ0n) is 11.2. The Balaban J connectivity index is 1.69. The first kappa shape index (κ1) is 14.8. The number of hydrogen-bond donors (Lipinski definition) is 2. The van der Waals surface area contributed by atoms with Crippen LogP contribution in [0.25, 0.3) is 0 Å². The number of halogens is 2. The van der Waals surface area contributed by atoms with E-state index in [4.69, 9.17) is 9.26 Å². The molecule has 0 aliphatic carbocycles. The highest BCUT2D eigenvalue weighted by atomic mass is 19.2. The van der Waals surface area contributed by atoms with E-state index in [0.717, 1.165) is 12.1 Å². The van der Waals surface area contributed by atoms with Gasteiger partial charge in [0.1, 0.15) is 18.1 Å². The fourth-order valence-electron chi connectivity index (χ4n) is 1.49. The lowest BCUT2D eigenvalue weighted by molar-refractivity contribution is 0.247. The summed E-state index contributed by atoms with van der Waals surface area (Å²) >= 11 is 0. The molecule has 6 nitrogen and oxygen atoms in total. The lowest BCUT2D eigenvalue weighted by Crippen LogP contribution is -2.32. The molecular weight excluding hydrogens is 284 g/mol. The first-order valence-electron chi connectivity index (χ1n) is 6.10. The van der Waals surface area contributed by atoms with Crippen LogP contribution in [0, 0.1) is 18.6 Å². The van der Waals surface area contributed by atoms with Gasteiger partial charge in [0.25, 0.3) is 0 Å². The third kappa shape index (κ3) is 4.44. The highest BCUT2D eigenvalue weighted by Gasteiger charge is 2.06. The van der Waals surface area contributed by atoms with Crippen LogP contribution in [0.5, 0.6) is 5.75 Å². The van der Waals surface area contributed by atoms with Gasteiger partial charge in [0.15, 0.2) is 17.5 Å². The topological polar surface area (TPSA) is 76.4 Å². The molecule has 0 spiro atoms. The zero-order valence-corrected chi connectivity index (χ0v) is 11.2. The standard InChI is InChI=1S/C13H13F2N3O3/c1-8-6-12(18-21-8)17-13(19)16-4-5-20-9-2-3-10(14)11(15)7-9/h2-3,6-7H,4-5H2,1H3,(H2,16,17,18,19). The quantitative estimate of drug-likeness (QED) is 0.831. The van der Waals surface area contributed by atoms with Crippen LogP contribution in [0.4, 0.5) is 19.4 Å². The molecule has 2 amide bonds. The second-order valence-electron chi connectivity index (χ2n) is 4.13. The van der Waals surface area contributed by atoms with Crippen LogP contribution in [-0.4, -0.2) is 24.3 Å². The summed E-state index contributed by atoms with van der Waals surface area (Å²) in [6, 6.07) is 4.30. The van der Waals surface area contributed by atoms with Crippen LogP contribution in [0.3, 0.4) is 0 Å². The van der Waals surface area contributed by atoms with Crippen molar-refractivity contribution in [3.8, 4) is 5.75 Å². The van der Waals surface area contributed by atoms with Crippen LogP contribution >= 0.6 is 0 Å². The minimum Gasteiger partial charge on any atom is -0.492 e.